The molecule has 0 aromatic heterocycles. The van der Waals surface area contributed by atoms with Gasteiger partial charge in [-0.1, -0.05) is 13.0 Å². The van der Waals surface area contributed by atoms with Crippen LogP contribution in [-0.4, -0.2) is 43.5 Å². The number of carbonyl (C=O) groups excluding carboxylic acids is 1. The average molecular weight is 277 g/mol. The van der Waals surface area contributed by atoms with Crippen LogP contribution in [0.3, 0.4) is 0 Å². The third-order valence-electron chi connectivity index (χ3n) is 3.71. The molecule has 112 valence electrons. The van der Waals surface area contributed by atoms with Crippen molar-refractivity contribution < 1.29 is 9.53 Å². The fourth-order valence-corrected chi connectivity index (χ4v) is 2.24. The molecule has 0 saturated heterocycles. The van der Waals surface area contributed by atoms with Crippen molar-refractivity contribution >= 4 is 5.78 Å². The molecule has 3 nitrogen and oxygen atoms in total. The van der Waals surface area contributed by atoms with Crippen LogP contribution >= 0.6 is 0 Å². The zero-order chi connectivity index (χ0) is 15.1. The number of ether oxygens (including phenoxy) is 1. The van der Waals surface area contributed by atoms with Crippen molar-refractivity contribution in [2.24, 2.45) is 0 Å². The van der Waals surface area contributed by atoms with E-state index in [0.717, 1.165) is 30.8 Å². The number of Topliss-reactive ketones (excluding diaryl/α,β-unsaturated/α-hetero) is 1. The molecule has 1 aromatic carbocycles. The molecule has 0 spiro atoms. The van der Waals surface area contributed by atoms with Gasteiger partial charge in [-0.2, -0.15) is 0 Å². The smallest absolute Gasteiger partial charge is 0.177 e. The Morgan fingerprint density at radius 1 is 1.10 bits per heavy atom. The first-order valence-corrected chi connectivity index (χ1v) is 7.40. The Bertz CT molecular complexity index is 455. The van der Waals surface area contributed by atoms with Gasteiger partial charge in [-0.05, 0) is 57.0 Å². The predicted molar refractivity (Wildman–Crippen MR) is 83.6 cm³/mol. The van der Waals surface area contributed by atoms with E-state index in [1.807, 2.05) is 19.9 Å². The maximum absolute atomic E-state index is 12.4. The molecule has 0 unspecified atom stereocenters. The summed E-state index contributed by atoms with van der Waals surface area (Å²) in [5.74, 6) is 0.198. The molecule has 0 saturated carbocycles. The van der Waals surface area contributed by atoms with Crippen molar-refractivity contribution in [2.45, 2.75) is 34.6 Å². The lowest BCUT2D eigenvalue weighted by molar-refractivity contribution is 0.0867. The minimum Gasteiger partial charge on any atom is -0.380 e. The Labute approximate surface area is 122 Å². The summed E-state index contributed by atoms with van der Waals surface area (Å²) >= 11 is 0. The van der Waals surface area contributed by atoms with E-state index in [1.165, 1.54) is 11.1 Å². The van der Waals surface area contributed by atoms with Gasteiger partial charge < -0.3 is 4.74 Å². The Morgan fingerprint density at radius 3 is 2.35 bits per heavy atom. The number of carbonyl (C=O) groups is 1. The van der Waals surface area contributed by atoms with Gasteiger partial charge in [0.05, 0.1) is 13.2 Å². The van der Waals surface area contributed by atoms with E-state index in [9.17, 15) is 4.79 Å². The molecule has 0 amide bonds. The summed E-state index contributed by atoms with van der Waals surface area (Å²) in [5, 5.41) is 0. The van der Waals surface area contributed by atoms with Crippen molar-refractivity contribution in [3.8, 4) is 0 Å². The van der Waals surface area contributed by atoms with E-state index in [4.69, 9.17) is 4.74 Å². The van der Waals surface area contributed by atoms with E-state index in [2.05, 4.69) is 31.7 Å². The largest absolute Gasteiger partial charge is 0.380 e. The molecular formula is C17H27NO2. The molecule has 0 radical (unpaired) electrons. The van der Waals surface area contributed by atoms with E-state index in [1.54, 1.807) is 0 Å². The lowest BCUT2D eigenvalue weighted by atomic mass is 9.98. The summed E-state index contributed by atoms with van der Waals surface area (Å²) < 4.78 is 5.36. The molecule has 1 rings (SSSR count). The van der Waals surface area contributed by atoms with Crippen molar-refractivity contribution in [3.63, 3.8) is 0 Å². The first kappa shape index (κ1) is 16.9. The number of rotatable bonds is 8. The van der Waals surface area contributed by atoms with Gasteiger partial charge in [-0.3, -0.25) is 9.69 Å². The number of nitrogens with zero attached hydrogens (tertiary/aromatic N) is 1. The lowest BCUT2D eigenvalue weighted by Crippen LogP contribution is -2.33. The van der Waals surface area contributed by atoms with Crippen LogP contribution in [0.4, 0.5) is 0 Å². The van der Waals surface area contributed by atoms with Crippen molar-refractivity contribution in [2.75, 3.05) is 32.8 Å². The SMILES string of the molecule is CCOCCN(CC)CC(=O)c1cc(C)c(C)cc1C. The third-order valence-corrected chi connectivity index (χ3v) is 3.71. The third kappa shape index (κ3) is 4.73. The van der Waals surface area contributed by atoms with Gasteiger partial charge in [0.15, 0.2) is 5.78 Å². The zero-order valence-electron chi connectivity index (χ0n) is 13.5. The summed E-state index contributed by atoms with van der Waals surface area (Å²) in [4.78, 5) is 14.6. The number of hydrogen-bond acceptors (Lipinski definition) is 3. The molecule has 0 N–H and O–H groups in total. The summed E-state index contributed by atoms with van der Waals surface area (Å²) in [6, 6.07) is 4.11. The molecular weight excluding hydrogens is 250 g/mol. The van der Waals surface area contributed by atoms with Gasteiger partial charge in [0, 0.05) is 18.7 Å². The minimum atomic E-state index is 0.198. The number of ketones is 1. The van der Waals surface area contributed by atoms with Crippen molar-refractivity contribution in [1.29, 1.82) is 0 Å². The normalized spacial score (nSPS) is 11.1. The van der Waals surface area contributed by atoms with Crippen LogP contribution in [0.1, 0.15) is 40.9 Å². The number of hydrogen-bond donors (Lipinski definition) is 0. The number of benzene rings is 1. The second kappa shape index (κ2) is 8.18. The standard InChI is InChI=1S/C17H27NO2/c1-6-18(8-9-20-7-2)12-17(19)16-11-14(4)13(3)10-15(16)5/h10-11H,6-9,12H2,1-5H3. The Kier molecular flexibility index (Phi) is 6.89. The highest BCUT2D eigenvalue weighted by Crippen LogP contribution is 2.16. The second-order valence-electron chi connectivity index (χ2n) is 5.24. The second-order valence-corrected chi connectivity index (χ2v) is 5.24. The van der Waals surface area contributed by atoms with E-state index < -0.39 is 0 Å². The minimum absolute atomic E-state index is 0.198. The molecule has 0 bridgehead atoms. The zero-order valence-corrected chi connectivity index (χ0v) is 13.5. The fraction of sp³-hybridized carbons (Fsp3) is 0.588. The molecule has 0 aliphatic rings. The molecule has 0 atom stereocenters. The predicted octanol–water partition coefficient (Wildman–Crippen LogP) is 3.15. The maximum atomic E-state index is 12.4. The lowest BCUT2D eigenvalue weighted by Gasteiger charge is -2.20. The number of likely N-dealkylation sites (N-methyl/N-ethyl adjacent to an activating group) is 1. The summed E-state index contributed by atoms with van der Waals surface area (Å²) in [6.07, 6.45) is 0. The van der Waals surface area contributed by atoms with Crippen LogP contribution in [0.5, 0.6) is 0 Å². The van der Waals surface area contributed by atoms with Crippen LogP contribution in [0.2, 0.25) is 0 Å². The van der Waals surface area contributed by atoms with E-state index in [0.29, 0.717) is 13.2 Å². The molecule has 0 aliphatic carbocycles. The maximum Gasteiger partial charge on any atom is 0.177 e. The van der Waals surface area contributed by atoms with Crippen molar-refractivity contribution in [1.82, 2.24) is 4.90 Å². The summed E-state index contributed by atoms with van der Waals surface area (Å²) in [7, 11) is 0. The molecule has 0 fully saturated rings. The van der Waals surface area contributed by atoms with Gasteiger partial charge in [-0.15, -0.1) is 0 Å². The highest BCUT2D eigenvalue weighted by atomic mass is 16.5. The summed E-state index contributed by atoms with van der Waals surface area (Å²) in [6.45, 7) is 13.7. The quantitative estimate of drug-likeness (QED) is 0.540. The molecule has 20 heavy (non-hydrogen) atoms. The highest BCUT2D eigenvalue weighted by Gasteiger charge is 2.14. The first-order chi connectivity index (χ1) is 9.49. The van der Waals surface area contributed by atoms with Crippen LogP contribution in [0.25, 0.3) is 0 Å². The molecule has 0 aliphatic heterocycles. The average Bonchev–Trinajstić information content (AvgIpc) is 2.41. The van der Waals surface area contributed by atoms with Crippen LogP contribution in [0.15, 0.2) is 12.1 Å². The van der Waals surface area contributed by atoms with Gasteiger partial charge in [0.25, 0.3) is 0 Å². The first-order valence-electron chi connectivity index (χ1n) is 7.40. The van der Waals surface area contributed by atoms with E-state index >= 15 is 0 Å². The molecule has 3 heteroatoms. The monoisotopic (exact) mass is 277 g/mol. The summed E-state index contributed by atoms with van der Waals surface area (Å²) in [5.41, 5.74) is 4.33. The Hall–Kier alpha value is -1.19. The Morgan fingerprint density at radius 2 is 1.75 bits per heavy atom. The van der Waals surface area contributed by atoms with Crippen LogP contribution < -0.4 is 0 Å². The van der Waals surface area contributed by atoms with E-state index in [-0.39, 0.29) is 5.78 Å². The molecule has 0 heterocycles. The number of aryl methyl sites for hydroxylation is 3. The fourth-order valence-electron chi connectivity index (χ4n) is 2.24. The van der Waals surface area contributed by atoms with Crippen molar-refractivity contribution in [3.05, 3.63) is 34.4 Å². The van der Waals surface area contributed by atoms with Gasteiger partial charge in [-0.25, -0.2) is 0 Å². The highest BCUT2D eigenvalue weighted by molar-refractivity contribution is 5.99. The molecule has 1 aromatic rings. The van der Waals surface area contributed by atoms with Crippen LogP contribution in [-0.2, 0) is 4.74 Å². The van der Waals surface area contributed by atoms with Gasteiger partial charge in [0.2, 0.25) is 0 Å². The Balaban J connectivity index is 2.72. The van der Waals surface area contributed by atoms with Gasteiger partial charge in [0.1, 0.15) is 0 Å². The van der Waals surface area contributed by atoms with Crippen LogP contribution in [0, 0.1) is 20.8 Å². The topological polar surface area (TPSA) is 29.5 Å². The van der Waals surface area contributed by atoms with Gasteiger partial charge >= 0.3 is 0 Å².